The van der Waals surface area contributed by atoms with E-state index in [0.29, 0.717) is 26.9 Å². The first-order chi connectivity index (χ1) is 14.4. The molecule has 0 saturated heterocycles. The number of thiazole rings is 1. The number of aryl methyl sites for hydroxylation is 1. The van der Waals surface area contributed by atoms with Crippen LogP contribution < -0.4 is 10.5 Å². The van der Waals surface area contributed by atoms with Crippen LogP contribution in [-0.2, 0) is 17.9 Å². The molecular weight excluding hydrogens is 422 g/mol. The molecule has 30 heavy (non-hydrogen) atoms. The van der Waals surface area contributed by atoms with Crippen LogP contribution in [0.5, 0.6) is 0 Å². The van der Waals surface area contributed by atoms with Crippen molar-refractivity contribution >= 4 is 44.2 Å². The number of anilines is 1. The highest BCUT2D eigenvalue weighted by atomic mass is 35.5. The Morgan fingerprint density at radius 3 is 2.80 bits per heavy atom. The third-order valence-corrected chi connectivity index (χ3v) is 6.12. The summed E-state index contributed by atoms with van der Waals surface area (Å²) in [5.41, 5.74) is 2.44. The standard InChI is InChI=1S/C21H18ClN5O2S/c1-13-14(2)24-12-26(20(13)29)11-18(28)27(10-15-5-4-8-23-9-15)21-25-19-16(22)6-3-7-17(19)30-21/h3-9,12H,10-11H2,1-2H3. The molecule has 1 aromatic carbocycles. The lowest BCUT2D eigenvalue weighted by Crippen LogP contribution is -2.37. The van der Waals surface area contributed by atoms with Crippen molar-refractivity contribution < 1.29 is 4.79 Å². The molecule has 0 fully saturated rings. The molecule has 0 radical (unpaired) electrons. The maximum Gasteiger partial charge on any atom is 0.256 e. The number of carbonyl (C=O) groups is 1. The van der Waals surface area contributed by atoms with Crippen LogP contribution >= 0.6 is 22.9 Å². The molecule has 1 amide bonds. The minimum Gasteiger partial charge on any atom is -0.289 e. The van der Waals surface area contributed by atoms with Gasteiger partial charge in [0.15, 0.2) is 5.13 Å². The molecule has 0 spiro atoms. The van der Waals surface area contributed by atoms with Crippen LogP contribution in [0, 0.1) is 13.8 Å². The van der Waals surface area contributed by atoms with Gasteiger partial charge in [0.1, 0.15) is 12.1 Å². The fraction of sp³-hybridized carbons (Fsp3) is 0.190. The number of carbonyl (C=O) groups excluding carboxylic acids is 1. The van der Waals surface area contributed by atoms with Gasteiger partial charge in [0.2, 0.25) is 5.91 Å². The molecule has 4 aromatic rings. The molecule has 152 valence electrons. The zero-order valence-corrected chi connectivity index (χ0v) is 17.9. The Bertz CT molecular complexity index is 1290. The van der Waals surface area contributed by atoms with Crippen LogP contribution in [0.3, 0.4) is 0 Å². The van der Waals surface area contributed by atoms with Crippen LogP contribution in [0.25, 0.3) is 10.2 Å². The zero-order valence-electron chi connectivity index (χ0n) is 16.4. The summed E-state index contributed by atoms with van der Waals surface area (Å²) in [5, 5.41) is 1.04. The topological polar surface area (TPSA) is 81.0 Å². The highest BCUT2D eigenvalue weighted by molar-refractivity contribution is 7.22. The van der Waals surface area contributed by atoms with Gasteiger partial charge in [0.25, 0.3) is 5.56 Å². The van der Waals surface area contributed by atoms with Gasteiger partial charge < -0.3 is 0 Å². The summed E-state index contributed by atoms with van der Waals surface area (Å²) < 4.78 is 2.20. The molecular formula is C21H18ClN5O2S. The van der Waals surface area contributed by atoms with Crippen LogP contribution in [0.1, 0.15) is 16.8 Å². The number of hydrogen-bond acceptors (Lipinski definition) is 6. The Labute approximate surface area is 181 Å². The molecule has 0 unspecified atom stereocenters. The van der Waals surface area contributed by atoms with E-state index in [0.717, 1.165) is 10.3 Å². The number of amides is 1. The van der Waals surface area contributed by atoms with Crippen molar-refractivity contribution in [1.29, 1.82) is 0 Å². The van der Waals surface area contributed by atoms with Crippen LogP contribution in [0.2, 0.25) is 5.02 Å². The Balaban J connectivity index is 1.73. The fourth-order valence-electron chi connectivity index (χ4n) is 2.97. The van der Waals surface area contributed by atoms with Gasteiger partial charge in [-0.2, -0.15) is 0 Å². The predicted molar refractivity (Wildman–Crippen MR) is 118 cm³/mol. The second kappa shape index (κ2) is 8.33. The molecule has 7 nitrogen and oxygen atoms in total. The normalized spacial score (nSPS) is 11.0. The van der Waals surface area contributed by atoms with E-state index in [4.69, 9.17) is 11.6 Å². The molecule has 0 bridgehead atoms. The number of hydrogen-bond donors (Lipinski definition) is 0. The third-order valence-electron chi connectivity index (χ3n) is 4.77. The van der Waals surface area contributed by atoms with Crippen molar-refractivity contribution in [1.82, 2.24) is 19.5 Å². The molecule has 3 aromatic heterocycles. The second-order valence-electron chi connectivity index (χ2n) is 6.81. The average molecular weight is 440 g/mol. The molecule has 9 heteroatoms. The van der Waals surface area contributed by atoms with Crippen molar-refractivity contribution in [3.63, 3.8) is 0 Å². The Kier molecular flexibility index (Phi) is 5.61. The van der Waals surface area contributed by atoms with Crippen LogP contribution in [0.15, 0.2) is 53.8 Å². The van der Waals surface area contributed by atoms with Crippen LogP contribution in [-0.4, -0.2) is 25.4 Å². The molecule has 0 saturated carbocycles. The predicted octanol–water partition coefficient (Wildman–Crippen LogP) is 3.75. The molecule has 3 heterocycles. The quantitative estimate of drug-likeness (QED) is 0.473. The summed E-state index contributed by atoms with van der Waals surface area (Å²) in [7, 11) is 0. The number of para-hydroxylation sites is 1. The highest BCUT2D eigenvalue weighted by Crippen LogP contribution is 2.33. The van der Waals surface area contributed by atoms with Crippen molar-refractivity contribution in [3.05, 3.63) is 81.3 Å². The summed E-state index contributed by atoms with van der Waals surface area (Å²) in [6.07, 6.45) is 4.78. The minimum atomic E-state index is -0.277. The monoisotopic (exact) mass is 439 g/mol. The van der Waals surface area contributed by atoms with Gasteiger partial charge in [-0.05, 0) is 37.6 Å². The molecule has 4 rings (SSSR count). The van der Waals surface area contributed by atoms with E-state index in [-0.39, 0.29) is 24.6 Å². The number of halogens is 1. The Morgan fingerprint density at radius 2 is 2.07 bits per heavy atom. The van der Waals surface area contributed by atoms with E-state index in [1.165, 1.54) is 22.2 Å². The molecule has 0 aliphatic rings. The fourth-order valence-corrected chi connectivity index (χ4v) is 4.26. The lowest BCUT2D eigenvalue weighted by molar-refractivity contribution is -0.119. The molecule has 0 aliphatic carbocycles. The van der Waals surface area contributed by atoms with E-state index in [2.05, 4.69) is 15.0 Å². The first kappa shape index (κ1) is 20.2. The number of benzene rings is 1. The van der Waals surface area contributed by atoms with E-state index >= 15 is 0 Å². The lowest BCUT2D eigenvalue weighted by Gasteiger charge is -2.20. The third kappa shape index (κ3) is 3.96. The Hall–Kier alpha value is -3.10. The Morgan fingerprint density at radius 1 is 1.23 bits per heavy atom. The summed E-state index contributed by atoms with van der Waals surface area (Å²) in [6, 6.07) is 9.22. The maximum atomic E-state index is 13.3. The van der Waals surface area contributed by atoms with Crippen molar-refractivity contribution in [2.24, 2.45) is 0 Å². The summed E-state index contributed by atoms with van der Waals surface area (Å²) >= 11 is 7.65. The van der Waals surface area contributed by atoms with Crippen molar-refractivity contribution in [2.45, 2.75) is 26.9 Å². The van der Waals surface area contributed by atoms with E-state index in [1.54, 1.807) is 37.2 Å². The highest BCUT2D eigenvalue weighted by Gasteiger charge is 2.22. The van der Waals surface area contributed by atoms with Crippen molar-refractivity contribution in [2.75, 3.05) is 4.90 Å². The second-order valence-corrected chi connectivity index (χ2v) is 8.23. The van der Waals surface area contributed by atoms with Crippen molar-refractivity contribution in [3.8, 4) is 0 Å². The largest absolute Gasteiger partial charge is 0.289 e. The summed E-state index contributed by atoms with van der Waals surface area (Å²) in [5.74, 6) is -0.277. The van der Waals surface area contributed by atoms with E-state index < -0.39 is 0 Å². The first-order valence-corrected chi connectivity index (χ1v) is 10.4. The maximum absolute atomic E-state index is 13.3. The molecule has 0 atom stereocenters. The van der Waals surface area contributed by atoms with E-state index in [1.807, 2.05) is 24.3 Å². The average Bonchev–Trinajstić information content (AvgIpc) is 3.18. The van der Waals surface area contributed by atoms with Gasteiger partial charge in [-0.1, -0.05) is 35.1 Å². The SMILES string of the molecule is Cc1ncn(CC(=O)N(Cc2cccnc2)c2nc3c(Cl)cccc3s2)c(=O)c1C. The van der Waals surface area contributed by atoms with Gasteiger partial charge in [-0.15, -0.1) is 0 Å². The smallest absolute Gasteiger partial charge is 0.256 e. The minimum absolute atomic E-state index is 0.142. The number of pyridine rings is 1. The summed E-state index contributed by atoms with van der Waals surface area (Å²) in [6.45, 7) is 3.60. The van der Waals surface area contributed by atoms with E-state index in [9.17, 15) is 9.59 Å². The summed E-state index contributed by atoms with van der Waals surface area (Å²) in [4.78, 5) is 40.3. The lowest BCUT2D eigenvalue weighted by atomic mass is 10.2. The number of fused-ring (bicyclic) bond motifs is 1. The number of aromatic nitrogens is 4. The first-order valence-electron chi connectivity index (χ1n) is 9.21. The molecule has 0 aliphatic heterocycles. The van der Waals surface area contributed by atoms with Gasteiger partial charge in [-0.25, -0.2) is 9.97 Å². The van der Waals surface area contributed by atoms with Gasteiger partial charge >= 0.3 is 0 Å². The van der Waals surface area contributed by atoms with Crippen LogP contribution in [0.4, 0.5) is 5.13 Å². The zero-order chi connectivity index (χ0) is 21.3. The van der Waals surface area contributed by atoms with Gasteiger partial charge in [0, 0.05) is 23.7 Å². The number of nitrogens with zero attached hydrogens (tertiary/aromatic N) is 5. The number of rotatable bonds is 5. The molecule has 0 N–H and O–H groups in total. The van der Waals surface area contributed by atoms with Gasteiger partial charge in [0.05, 0.1) is 22.6 Å². The van der Waals surface area contributed by atoms with Gasteiger partial charge in [-0.3, -0.25) is 24.0 Å².